The fourth-order valence-electron chi connectivity index (χ4n) is 2.84. The number of pyridine rings is 1. The van der Waals surface area contributed by atoms with E-state index in [1.54, 1.807) is 67.0 Å². The molecule has 0 spiro atoms. The Morgan fingerprint density at radius 2 is 1.83 bits per heavy atom. The number of benzene rings is 2. The van der Waals surface area contributed by atoms with Crippen molar-refractivity contribution in [1.82, 2.24) is 15.1 Å². The number of hydrogen-bond donors (Lipinski definition) is 0. The van der Waals surface area contributed by atoms with E-state index in [0.717, 1.165) is 0 Å². The lowest BCUT2D eigenvalue weighted by Crippen LogP contribution is -2.07. The van der Waals surface area contributed by atoms with Crippen LogP contribution in [-0.4, -0.2) is 21.1 Å². The van der Waals surface area contributed by atoms with Crippen LogP contribution in [0.25, 0.3) is 22.5 Å². The molecule has 7 heteroatoms. The normalized spacial score (nSPS) is 10.3. The summed E-state index contributed by atoms with van der Waals surface area (Å²) in [6.07, 6.45) is 3.26. The molecule has 29 heavy (non-hydrogen) atoms. The molecule has 2 aromatic heterocycles. The smallest absolute Gasteiger partial charge is 0.339 e. The van der Waals surface area contributed by atoms with Gasteiger partial charge in [-0.1, -0.05) is 41.6 Å². The van der Waals surface area contributed by atoms with Crippen molar-refractivity contribution in [3.05, 3.63) is 90.1 Å². The van der Waals surface area contributed by atoms with Gasteiger partial charge >= 0.3 is 5.97 Å². The third-order valence-corrected chi connectivity index (χ3v) is 4.20. The maximum Gasteiger partial charge on any atom is 0.339 e. The number of carbonyl (C=O) groups excluding carboxylic acids is 1. The lowest BCUT2D eigenvalue weighted by molar-refractivity contribution is 0.0430. The largest absolute Gasteiger partial charge is 0.452 e. The van der Waals surface area contributed by atoms with Crippen LogP contribution in [0.15, 0.2) is 77.6 Å². The van der Waals surface area contributed by atoms with E-state index < -0.39 is 5.97 Å². The number of rotatable bonds is 5. The second-order valence-electron chi connectivity index (χ2n) is 6.03. The maximum absolute atomic E-state index is 12.7. The topological polar surface area (TPSA) is 102 Å². The number of aromatic nitrogens is 3. The Morgan fingerprint density at radius 1 is 1.03 bits per heavy atom. The first kappa shape index (κ1) is 18.1. The quantitative estimate of drug-likeness (QED) is 0.480. The first-order valence-corrected chi connectivity index (χ1v) is 8.75. The molecule has 2 aromatic carbocycles. The van der Waals surface area contributed by atoms with Crippen LogP contribution in [0.4, 0.5) is 0 Å². The molecule has 0 bridgehead atoms. The van der Waals surface area contributed by atoms with E-state index in [-0.39, 0.29) is 12.5 Å². The van der Waals surface area contributed by atoms with Crippen molar-refractivity contribution in [2.45, 2.75) is 6.61 Å². The predicted molar refractivity (Wildman–Crippen MR) is 103 cm³/mol. The molecular formula is C22H14N4O3. The molecule has 0 unspecified atom stereocenters. The monoisotopic (exact) mass is 382 g/mol. The Labute approximate surface area is 166 Å². The van der Waals surface area contributed by atoms with Crippen LogP contribution >= 0.6 is 0 Å². The van der Waals surface area contributed by atoms with Crippen LogP contribution in [0.1, 0.15) is 21.8 Å². The Hall–Kier alpha value is -4.31. The van der Waals surface area contributed by atoms with E-state index in [1.807, 2.05) is 6.07 Å². The summed E-state index contributed by atoms with van der Waals surface area (Å²) in [4.78, 5) is 20.9. The Bertz CT molecular complexity index is 1200. The molecule has 0 atom stereocenters. The van der Waals surface area contributed by atoms with E-state index in [4.69, 9.17) is 9.26 Å². The lowest BCUT2D eigenvalue weighted by Gasteiger charge is -2.10. The standard InChI is InChI=1S/C22H14N4O3/c23-12-15-6-1-2-8-17(15)18-9-3-4-10-19(18)22(27)28-14-20-25-21(26-29-20)16-7-5-11-24-13-16/h1-11,13H,14H2. The molecule has 140 valence electrons. The van der Waals surface area contributed by atoms with Gasteiger partial charge in [-0.15, -0.1) is 0 Å². The van der Waals surface area contributed by atoms with Gasteiger partial charge < -0.3 is 9.26 Å². The number of ether oxygens (including phenoxy) is 1. The first-order valence-electron chi connectivity index (χ1n) is 8.75. The van der Waals surface area contributed by atoms with Gasteiger partial charge in [-0.2, -0.15) is 10.2 Å². The second kappa shape index (κ2) is 8.15. The molecule has 2 heterocycles. The number of nitriles is 1. The van der Waals surface area contributed by atoms with Crippen LogP contribution in [0.5, 0.6) is 0 Å². The number of nitrogens with zero attached hydrogens (tertiary/aromatic N) is 4. The van der Waals surface area contributed by atoms with Crippen molar-refractivity contribution in [2.24, 2.45) is 0 Å². The molecule has 7 nitrogen and oxygen atoms in total. The van der Waals surface area contributed by atoms with Gasteiger partial charge in [0.15, 0.2) is 6.61 Å². The molecule has 0 amide bonds. The second-order valence-corrected chi connectivity index (χ2v) is 6.03. The Balaban J connectivity index is 1.53. The molecule has 4 rings (SSSR count). The highest BCUT2D eigenvalue weighted by Gasteiger charge is 2.17. The van der Waals surface area contributed by atoms with Crippen molar-refractivity contribution in [3.63, 3.8) is 0 Å². The van der Waals surface area contributed by atoms with Crippen LogP contribution in [0, 0.1) is 11.3 Å². The molecule has 0 saturated carbocycles. The molecule has 4 aromatic rings. The summed E-state index contributed by atoms with van der Waals surface area (Å²) in [5.74, 6) is -0.00548. The summed E-state index contributed by atoms with van der Waals surface area (Å²) in [7, 11) is 0. The minimum atomic E-state index is -0.547. The average molecular weight is 382 g/mol. The van der Waals surface area contributed by atoms with Gasteiger partial charge in [0.2, 0.25) is 5.82 Å². The Kier molecular flexibility index (Phi) is 5.08. The van der Waals surface area contributed by atoms with Crippen molar-refractivity contribution < 1.29 is 14.1 Å². The first-order chi connectivity index (χ1) is 14.3. The molecule has 0 aliphatic heterocycles. The zero-order valence-corrected chi connectivity index (χ0v) is 15.1. The third kappa shape index (κ3) is 3.87. The summed E-state index contributed by atoms with van der Waals surface area (Å²) < 4.78 is 10.5. The zero-order valence-electron chi connectivity index (χ0n) is 15.1. The molecule has 0 aliphatic carbocycles. The Morgan fingerprint density at radius 3 is 2.62 bits per heavy atom. The van der Waals surface area contributed by atoms with Crippen LogP contribution in [-0.2, 0) is 11.3 Å². The summed E-state index contributed by atoms with van der Waals surface area (Å²) in [6, 6.07) is 19.8. The van der Waals surface area contributed by atoms with Crippen LogP contribution in [0.2, 0.25) is 0 Å². The number of hydrogen-bond acceptors (Lipinski definition) is 7. The summed E-state index contributed by atoms with van der Waals surface area (Å²) >= 11 is 0. The van der Waals surface area contributed by atoms with Gasteiger partial charge in [0.1, 0.15) is 0 Å². The summed E-state index contributed by atoms with van der Waals surface area (Å²) in [5, 5.41) is 13.2. The summed E-state index contributed by atoms with van der Waals surface area (Å²) in [5.41, 5.74) is 2.82. The molecular weight excluding hydrogens is 368 g/mol. The van der Waals surface area contributed by atoms with Gasteiger partial charge in [0.25, 0.3) is 5.89 Å². The van der Waals surface area contributed by atoms with E-state index >= 15 is 0 Å². The fraction of sp³-hybridized carbons (Fsp3) is 0.0455. The van der Waals surface area contributed by atoms with Crippen molar-refractivity contribution in [1.29, 1.82) is 5.26 Å². The maximum atomic E-state index is 12.7. The van der Waals surface area contributed by atoms with Gasteiger partial charge in [-0.3, -0.25) is 4.98 Å². The lowest BCUT2D eigenvalue weighted by atomic mass is 9.96. The van der Waals surface area contributed by atoms with E-state index in [1.165, 1.54) is 0 Å². The van der Waals surface area contributed by atoms with Crippen molar-refractivity contribution in [2.75, 3.05) is 0 Å². The predicted octanol–water partition coefficient (Wildman–Crippen LogP) is 4.03. The SMILES string of the molecule is N#Cc1ccccc1-c1ccccc1C(=O)OCc1nc(-c2cccnc2)no1. The fourth-order valence-corrected chi connectivity index (χ4v) is 2.84. The zero-order chi connectivity index (χ0) is 20.1. The molecule has 0 saturated heterocycles. The van der Waals surface area contributed by atoms with Gasteiger partial charge in [0.05, 0.1) is 17.2 Å². The molecule has 0 aliphatic rings. The van der Waals surface area contributed by atoms with Crippen LogP contribution < -0.4 is 0 Å². The highest BCUT2D eigenvalue weighted by atomic mass is 16.6. The van der Waals surface area contributed by atoms with E-state index in [2.05, 4.69) is 21.2 Å². The van der Waals surface area contributed by atoms with Gasteiger partial charge in [-0.05, 0) is 29.8 Å². The van der Waals surface area contributed by atoms with Crippen LogP contribution in [0.3, 0.4) is 0 Å². The van der Waals surface area contributed by atoms with Gasteiger partial charge in [0, 0.05) is 23.5 Å². The molecule has 0 radical (unpaired) electrons. The number of esters is 1. The molecule has 0 N–H and O–H groups in total. The van der Waals surface area contributed by atoms with E-state index in [0.29, 0.717) is 33.6 Å². The average Bonchev–Trinajstić information content (AvgIpc) is 3.27. The highest BCUT2D eigenvalue weighted by Crippen LogP contribution is 2.27. The van der Waals surface area contributed by atoms with Crippen molar-refractivity contribution >= 4 is 5.97 Å². The highest BCUT2D eigenvalue weighted by molar-refractivity contribution is 5.98. The van der Waals surface area contributed by atoms with Crippen molar-refractivity contribution in [3.8, 4) is 28.6 Å². The third-order valence-electron chi connectivity index (χ3n) is 4.20. The minimum Gasteiger partial charge on any atom is -0.452 e. The minimum absolute atomic E-state index is 0.166. The van der Waals surface area contributed by atoms with E-state index in [9.17, 15) is 10.1 Å². The summed E-state index contributed by atoms with van der Waals surface area (Å²) in [6.45, 7) is -0.166. The van der Waals surface area contributed by atoms with Gasteiger partial charge in [-0.25, -0.2) is 4.79 Å². The molecule has 0 fully saturated rings. The number of carbonyl (C=O) groups is 1.